The van der Waals surface area contributed by atoms with E-state index in [0.29, 0.717) is 0 Å². The molecule has 0 spiro atoms. The van der Waals surface area contributed by atoms with Gasteiger partial charge in [-0.25, -0.2) is 0 Å². The highest BCUT2D eigenvalue weighted by molar-refractivity contribution is 6.12. The quantitative estimate of drug-likeness (QED) is 0.386. The number of hydrogen-bond acceptors (Lipinski definition) is 0. The molecular weight excluding hydrogens is 290 g/mol. The van der Waals surface area contributed by atoms with Crippen LogP contribution in [0.2, 0.25) is 0 Å². The minimum absolute atomic E-state index is 0.172. The van der Waals surface area contributed by atoms with Crippen molar-refractivity contribution in [3.63, 3.8) is 0 Å². The maximum atomic E-state index is 2.36. The summed E-state index contributed by atoms with van der Waals surface area (Å²) in [5.41, 5.74) is 5.60. The molecule has 24 heavy (non-hydrogen) atoms. The zero-order chi connectivity index (χ0) is 17.1. The molecule has 0 saturated carbocycles. The molecule has 1 heteroatoms. The largest absolute Gasteiger partial charge is 0.344 e. The van der Waals surface area contributed by atoms with Crippen LogP contribution in [-0.4, -0.2) is 4.57 Å². The zero-order valence-corrected chi connectivity index (χ0v) is 15.3. The number of nitrogens with zero attached hydrogens (tertiary/aromatic N) is 1. The summed E-state index contributed by atoms with van der Waals surface area (Å²) in [4.78, 5) is 0. The normalized spacial score (nSPS) is 12.5. The van der Waals surface area contributed by atoms with Crippen molar-refractivity contribution in [1.29, 1.82) is 0 Å². The summed E-state index contributed by atoms with van der Waals surface area (Å²) >= 11 is 0. The first-order valence-corrected chi connectivity index (χ1v) is 8.84. The van der Waals surface area contributed by atoms with E-state index in [-0.39, 0.29) is 5.41 Å². The van der Waals surface area contributed by atoms with E-state index >= 15 is 0 Å². The second-order valence-corrected chi connectivity index (χ2v) is 7.95. The minimum Gasteiger partial charge on any atom is -0.344 e. The second kappa shape index (κ2) is 5.11. The van der Waals surface area contributed by atoms with Gasteiger partial charge in [-0.05, 0) is 51.9 Å². The first kappa shape index (κ1) is 15.3. The maximum absolute atomic E-state index is 2.36. The number of benzene rings is 3. The highest BCUT2D eigenvalue weighted by atomic mass is 14.9. The van der Waals surface area contributed by atoms with Gasteiger partial charge in [-0.15, -0.1) is 0 Å². The van der Waals surface area contributed by atoms with Crippen LogP contribution in [0.25, 0.3) is 32.6 Å². The number of aromatic nitrogens is 1. The van der Waals surface area contributed by atoms with Crippen molar-refractivity contribution in [3.8, 4) is 0 Å². The number of aryl methyl sites for hydroxylation is 2. The fourth-order valence-corrected chi connectivity index (χ4v) is 3.68. The van der Waals surface area contributed by atoms with E-state index in [9.17, 15) is 0 Å². The molecule has 0 amide bonds. The molecule has 1 heterocycles. The first-order valence-electron chi connectivity index (χ1n) is 8.84. The van der Waals surface area contributed by atoms with Gasteiger partial charge < -0.3 is 4.57 Å². The summed E-state index contributed by atoms with van der Waals surface area (Å²) in [6, 6.07) is 18.5. The molecule has 122 valence electrons. The van der Waals surface area contributed by atoms with E-state index in [1.54, 1.807) is 0 Å². The molecule has 0 aliphatic rings. The van der Waals surface area contributed by atoms with E-state index in [4.69, 9.17) is 0 Å². The molecule has 0 atom stereocenters. The zero-order valence-electron chi connectivity index (χ0n) is 15.3. The highest BCUT2D eigenvalue weighted by Gasteiger charge is 2.16. The second-order valence-electron chi connectivity index (χ2n) is 7.95. The van der Waals surface area contributed by atoms with E-state index < -0.39 is 0 Å². The van der Waals surface area contributed by atoms with Crippen LogP contribution in [0, 0.1) is 0 Å². The van der Waals surface area contributed by atoms with Gasteiger partial charge in [0.05, 0.1) is 0 Å². The average Bonchev–Trinajstić information content (AvgIpc) is 2.83. The Hall–Kier alpha value is -2.28. The lowest BCUT2D eigenvalue weighted by atomic mass is 9.86. The Bertz CT molecular complexity index is 1070. The molecule has 0 bridgehead atoms. The smallest absolute Gasteiger partial charge is 0.0495 e. The summed E-state index contributed by atoms with van der Waals surface area (Å²) in [6.07, 6.45) is 1.08. The lowest BCUT2D eigenvalue weighted by Crippen LogP contribution is -2.10. The molecule has 4 aromatic rings. The number of rotatable bonds is 1. The van der Waals surface area contributed by atoms with E-state index in [2.05, 4.69) is 87.8 Å². The van der Waals surface area contributed by atoms with Gasteiger partial charge in [0, 0.05) is 28.9 Å². The Labute approximate surface area is 143 Å². The molecule has 0 fully saturated rings. The van der Waals surface area contributed by atoms with E-state index in [0.717, 1.165) is 6.42 Å². The molecule has 0 aliphatic heterocycles. The molecule has 1 nitrogen and oxygen atoms in total. The molecule has 0 radical (unpaired) electrons. The van der Waals surface area contributed by atoms with Crippen molar-refractivity contribution in [2.45, 2.75) is 39.5 Å². The van der Waals surface area contributed by atoms with Gasteiger partial charge in [0.25, 0.3) is 0 Å². The predicted octanol–water partition coefficient (Wildman–Crippen LogP) is 6.34. The fraction of sp³-hybridized carbons (Fsp3) is 0.304. The van der Waals surface area contributed by atoms with Gasteiger partial charge in [0.2, 0.25) is 0 Å². The summed E-state index contributed by atoms with van der Waals surface area (Å²) in [7, 11) is 2.19. The molecule has 4 rings (SSSR count). The van der Waals surface area contributed by atoms with Crippen LogP contribution in [0.3, 0.4) is 0 Å². The van der Waals surface area contributed by atoms with Crippen LogP contribution in [-0.2, 0) is 18.9 Å². The Kier molecular flexibility index (Phi) is 3.25. The van der Waals surface area contributed by atoms with Crippen molar-refractivity contribution in [3.05, 3.63) is 59.7 Å². The lowest BCUT2D eigenvalue weighted by molar-refractivity contribution is 0.591. The Morgan fingerprint density at radius 3 is 2.25 bits per heavy atom. The molecule has 3 aromatic carbocycles. The number of hydrogen-bond donors (Lipinski definition) is 0. The van der Waals surface area contributed by atoms with Crippen molar-refractivity contribution in [2.75, 3.05) is 0 Å². The Morgan fingerprint density at radius 1 is 0.792 bits per heavy atom. The molecule has 0 N–H and O–H groups in total. The van der Waals surface area contributed by atoms with Crippen LogP contribution >= 0.6 is 0 Å². The Morgan fingerprint density at radius 2 is 1.54 bits per heavy atom. The van der Waals surface area contributed by atoms with E-state index in [1.165, 1.54) is 43.7 Å². The highest BCUT2D eigenvalue weighted by Crippen LogP contribution is 2.34. The predicted molar refractivity (Wildman–Crippen MR) is 106 cm³/mol. The maximum Gasteiger partial charge on any atom is 0.0495 e. The third-order valence-corrected chi connectivity index (χ3v) is 5.30. The summed E-state index contributed by atoms with van der Waals surface area (Å²) < 4.78 is 2.35. The third kappa shape index (κ3) is 2.23. The standard InChI is InChI=1S/C23H25N/c1-6-15-7-8-16-12-20-19-10-9-18(23(2,3)4)14-22(19)24(5)21(20)13-17(16)11-15/h7-14H,6H2,1-5H3. The monoisotopic (exact) mass is 315 g/mol. The third-order valence-electron chi connectivity index (χ3n) is 5.30. The molecular formula is C23H25N. The van der Waals surface area contributed by atoms with Gasteiger partial charge in [0.1, 0.15) is 0 Å². The van der Waals surface area contributed by atoms with Crippen LogP contribution in [0.1, 0.15) is 38.8 Å². The lowest BCUT2D eigenvalue weighted by Gasteiger charge is -2.19. The topological polar surface area (TPSA) is 4.93 Å². The van der Waals surface area contributed by atoms with Gasteiger partial charge >= 0.3 is 0 Å². The molecule has 0 saturated heterocycles. The molecule has 0 unspecified atom stereocenters. The summed E-state index contributed by atoms with van der Waals surface area (Å²) in [6.45, 7) is 9.04. The van der Waals surface area contributed by atoms with Crippen molar-refractivity contribution in [2.24, 2.45) is 7.05 Å². The summed E-state index contributed by atoms with van der Waals surface area (Å²) in [5, 5.41) is 5.36. The fourth-order valence-electron chi connectivity index (χ4n) is 3.68. The first-order chi connectivity index (χ1) is 11.4. The SMILES string of the molecule is CCc1ccc2cc3c4ccc(C(C)(C)C)cc4n(C)c3cc2c1. The average molecular weight is 315 g/mol. The van der Waals surface area contributed by atoms with Gasteiger partial charge in [0.15, 0.2) is 0 Å². The van der Waals surface area contributed by atoms with Crippen molar-refractivity contribution < 1.29 is 0 Å². The van der Waals surface area contributed by atoms with Crippen molar-refractivity contribution >= 4 is 32.6 Å². The minimum atomic E-state index is 0.172. The van der Waals surface area contributed by atoms with E-state index in [1.807, 2.05) is 0 Å². The van der Waals surface area contributed by atoms with Gasteiger partial charge in [-0.3, -0.25) is 0 Å². The van der Waals surface area contributed by atoms with Gasteiger partial charge in [-0.1, -0.05) is 58.0 Å². The molecule has 1 aromatic heterocycles. The van der Waals surface area contributed by atoms with Crippen LogP contribution in [0.4, 0.5) is 0 Å². The van der Waals surface area contributed by atoms with Crippen LogP contribution in [0.5, 0.6) is 0 Å². The summed E-state index contributed by atoms with van der Waals surface area (Å²) in [5.74, 6) is 0. The van der Waals surface area contributed by atoms with Crippen LogP contribution < -0.4 is 0 Å². The number of fused-ring (bicyclic) bond motifs is 4. The molecule has 0 aliphatic carbocycles. The van der Waals surface area contributed by atoms with Gasteiger partial charge in [-0.2, -0.15) is 0 Å². The van der Waals surface area contributed by atoms with Crippen molar-refractivity contribution in [1.82, 2.24) is 4.57 Å². The van der Waals surface area contributed by atoms with Crippen LogP contribution in [0.15, 0.2) is 48.5 Å². The Balaban J connectivity index is 2.08.